The highest BCUT2D eigenvalue weighted by molar-refractivity contribution is 5.36. The molecule has 23 heavy (non-hydrogen) atoms. The lowest BCUT2D eigenvalue weighted by molar-refractivity contribution is 0.00220. The first-order valence-electron chi connectivity index (χ1n) is 10.7. The lowest BCUT2D eigenvalue weighted by atomic mass is 9.63. The van der Waals surface area contributed by atoms with E-state index in [2.05, 4.69) is 13.8 Å². The standard InChI is InChI=1S/C22H30O/c1-21(7-23)17-10-5-3-8-12(10)19-14(17)15-18(21)11-6-4-9-13(11)20(15)22(19,2)16(8)9/h8-20,23H,3-7H2,1-2H3. The van der Waals surface area contributed by atoms with Gasteiger partial charge in [0.2, 0.25) is 0 Å². The Hall–Kier alpha value is -0.0400. The number of fused-ring (bicyclic) bond motifs is 4. The van der Waals surface area contributed by atoms with E-state index < -0.39 is 0 Å². The summed E-state index contributed by atoms with van der Waals surface area (Å²) in [5.74, 6) is 13.7. The molecule has 8 fully saturated rings. The van der Waals surface area contributed by atoms with E-state index in [0.29, 0.717) is 12.0 Å². The van der Waals surface area contributed by atoms with Gasteiger partial charge in [0.1, 0.15) is 0 Å². The second kappa shape index (κ2) is 3.08. The molecule has 1 heteroatoms. The van der Waals surface area contributed by atoms with Gasteiger partial charge in [-0.25, -0.2) is 0 Å². The summed E-state index contributed by atoms with van der Waals surface area (Å²) in [6.45, 7) is 5.85. The Morgan fingerprint density at radius 3 is 1.52 bits per heavy atom. The molecule has 0 aromatic carbocycles. The van der Waals surface area contributed by atoms with E-state index in [1.165, 1.54) is 12.8 Å². The quantitative estimate of drug-likeness (QED) is 0.783. The third kappa shape index (κ3) is 0.825. The lowest BCUT2D eigenvalue weighted by Gasteiger charge is -2.42. The van der Waals surface area contributed by atoms with Crippen molar-refractivity contribution in [2.45, 2.75) is 39.5 Å². The number of hydrogen-bond donors (Lipinski definition) is 1. The van der Waals surface area contributed by atoms with Crippen molar-refractivity contribution < 1.29 is 5.11 Å². The number of aliphatic hydroxyl groups excluding tert-OH is 1. The molecule has 1 nitrogen and oxygen atoms in total. The molecule has 12 unspecified atom stereocenters. The molecule has 8 rings (SSSR count). The monoisotopic (exact) mass is 310 g/mol. The zero-order chi connectivity index (χ0) is 15.0. The molecular weight excluding hydrogens is 280 g/mol. The van der Waals surface area contributed by atoms with E-state index >= 15 is 0 Å². The summed E-state index contributed by atoms with van der Waals surface area (Å²) in [6, 6.07) is 0. The van der Waals surface area contributed by atoms with Gasteiger partial charge in [0.25, 0.3) is 0 Å². The summed E-state index contributed by atoms with van der Waals surface area (Å²) < 4.78 is 0. The van der Waals surface area contributed by atoms with Gasteiger partial charge in [0, 0.05) is 6.61 Å². The molecule has 124 valence electrons. The summed E-state index contributed by atoms with van der Waals surface area (Å²) in [5.41, 5.74) is 1.04. The van der Waals surface area contributed by atoms with Crippen molar-refractivity contribution in [1.29, 1.82) is 0 Å². The Bertz CT molecular complexity index is 602. The second-order valence-corrected chi connectivity index (χ2v) is 11.8. The van der Waals surface area contributed by atoms with Crippen LogP contribution < -0.4 is 0 Å². The number of rotatable bonds is 1. The summed E-state index contributed by atoms with van der Waals surface area (Å²) >= 11 is 0. The second-order valence-electron chi connectivity index (χ2n) is 11.8. The number of aliphatic hydroxyl groups is 1. The highest BCUT2D eigenvalue weighted by Crippen LogP contribution is 2.93. The molecule has 0 bridgehead atoms. The van der Waals surface area contributed by atoms with E-state index in [9.17, 15) is 5.11 Å². The van der Waals surface area contributed by atoms with Gasteiger partial charge in [-0.15, -0.1) is 0 Å². The molecule has 0 aromatic heterocycles. The van der Waals surface area contributed by atoms with Gasteiger partial charge in [0.05, 0.1) is 0 Å². The summed E-state index contributed by atoms with van der Waals surface area (Å²) in [6.07, 6.45) is 6.18. The SMILES string of the molecule is CC1(CO)C2C3CCC4C3C3C2C2C1C1CCC5C1C2C3(C)C45. The molecule has 0 heterocycles. The zero-order valence-electron chi connectivity index (χ0n) is 14.5. The van der Waals surface area contributed by atoms with E-state index in [1.54, 1.807) is 12.8 Å². The fourth-order valence-corrected chi connectivity index (χ4v) is 13.3. The molecule has 8 aliphatic rings. The Morgan fingerprint density at radius 1 is 0.652 bits per heavy atom. The Balaban J connectivity index is 1.50. The van der Waals surface area contributed by atoms with Crippen LogP contribution in [0.15, 0.2) is 0 Å². The largest absolute Gasteiger partial charge is 0.396 e. The predicted molar refractivity (Wildman–Crippen MR) is 87.1 cm³/mol. The Kier molecular flexibility index (Phi) is 1.65. The predicted octanol–water partition coefficient (Wildman–Crippen LogP) is 3.67. The summed E-state index contributed by atoms with van der Waals surface area (Å²) in [7, 11) is 0. The van der Waals surface area contributed by atoms with Crippen molar-refractivity contribution in [3.05, 3.63) is 0 Å². The molecule has 0 aliphatic heterocycles. The van der Waals surface area contributed by atoms with E-state index in [0.717, 1.165) is 82.3 Å². The van der Waals surface area contributed by atoms with Crippen LogP contribution in [0.4, 0.5) is 0 Å². The van der Waals surface area contributed by atoms with Gasteiger partial charge in [0.15, 0.2) is 0 Å². The zero-order valence-corrected chi connectivity index (χ0v) is 14.5. The Morgan fingerprint density at radius 2 is 1.09 bits per heavy atom. The highest BCUT2D eigenvalue weighted by Gasteiger charge is 2.90. The van der Waals surface area contributed by atoms with Crippen molar-refractivity contribution in [1.82, 2.24) is 0 Å². The van der Waals surface area contributed by atoms with Crippen LogP contribution in [0, 0.1) is 87.8 Å². The van der Waals surface area contributed by atoms with Crippen molar-refractivity contribution in [3.8, 4) is 0 Å². The molecule has 0 radical (unpaired) electrons. The van der Waals surface area contributed by atoms with Gasteiger partial charge in [-0.1, -0.05) is 13.8 Å². The van der Waals surface area contributed by atoms with Gasteiger partial charge < -0.3 is 5.11 Å². The van der Waals surface area contributed by atoms with Crippen LogP contribution >= 0.6 is 0 Å². The summed E-state index contributed by atoms with van der Waals surface area (Å²) in [4.78, 5) is 0. The molecule has 8 saturated carbocycles. The number of hydrogen-bond acceptors (Lipinski definition) is 1. The van der Waals surface area contributed by atoms with Crippen molar-refractivity contribution in [2.75, 3.05) is 6.61 Å². The van der Waals surface area contributed by atoms with Gasteiger partial charge >= 0.3 is 0 Å². The fraction of sp³-hybridized carbons (Fsp3) is 1.00. The maximum Gasteiger partial charge on any atom is 0.0490 e. The average Bonchev–Trinajstić information content (AvgIpc) is 3.26. The van der Waals surface area contributed by atoms with E-state index in [-0.39, 0.29) is 0 Å². The first kappa shape index (κ1) is 12.3. The van der Waals surface area contributed by atoms with Crippen LogP contribution in [0.5, 0.6) is 0 Å². The van der Waals surface area contributed by atoms with Crippen LogP contribution in [0.25, 0.3) is 0 Å². The molecule has 0 amide bonds. The minimum absolute atomic E-state index is 0.292. The first-order valence-corrected chi connectivity index (χ1v) is 10.7. The molecule has 12 atom stereocenters. The highest BCUT2D eigenvalue weighted by atomic mass is 16.3. The maximum atomic E-state index is 10.6. The van der Waals surface area contributed by atoms with E-state index in [1.807, 2.05) is 0 Å². The van der Waals surface area contributed by atoms with E-state index in [4.69, 9.17) is 0 Å². The summed E-state index contributed by atoms with van der Waals surface area (Å²) in [5, 5.41) is 10.6. The third-order valence-electron chi connectivity index (χ3n) is 12.4. The average molecular weight is 310 g/mol. The van der Waals surface area contributed by atoms with Crippen LogP contribution in [0.1, 0.15) is 39.5 Å². The van der Waals surface area contributed by atoms with Crippen molar-refractivity contribution in [2.24, 2.45) is 87.8 Å². The lowest BCUT2D eigenvalue weighted by Crippen LogP contribution is -2.40. The van der Waals surface area contributed by atoms with Gasteiger partial charge in [-0.05, 0) is 113 Å². The van der Waals surface area contributed by atoms with Crippen LogP contribution in [0.2, 0.25) is 0 Å². The minimum atomic E-state index is 0.292. The van der Waals surface area contributed by atoms with Crippen molar-refractivity contribution >= 4 is 0 Å². The fourth-order valence-electron chi connectivity index (χ4n) is 13.3. The molecule has 0 aromatic rings. The normalized spacial score (nSPS) is 82.8. The van der Waals surface area contributed by atoms with Crippen LogP contribution in [0.3, 0.4) is 0 Å². The Labute approximate surface area is 139 Å². The minimum Gasteiger partial charge on any atom is -0.396 e. The van der Waals surface area contributed by atoms with Crippen LogP contribution in [-0.2, 0) is 0 Å². The van der Waals surface area contributed by atoms with Crippen molar-refractivity contribution in [3.63, 3.8) is 0 Å². The topological polar surface area (TPSA) is 20.2 Å². The van der Waals surface area contributed by atoms with Gasteiger partial charge in [-0.2, -0.15) is 0 Å². The maximum absolute atomic E-state index is 10.6. The molecule has 8 aliphatic carbocycles. The van der Waals surface area contributed by atoms with Crippen LogP contribution in [-0.4, -0.2) is 11.7 Å². The smallest absolute Gasteiger partial charge is 0.0490 e. The molecule has 0 saturated heterocycles. The third-order valence-corrected chi connectivity index (χ3v) is 12.4. The molecular formula is C22H30O. The first-order chi connectivity index (χ1) is 11.1. The molecule has 1 N–H and O–H groups in total. The van der Waals surface area contributed by atoms with Gasteiger partial charge in [-0.3, -0.25) is 0 Å². The molecule has 0 spiro atoms.